The van der Waals surface area contributed by atoms with E-state index in [0.717, 1.165) is 24.3 Å². The molecule has 2 nitrogen and oxygen atoms in total. The number of furan rings is 1. The zero-order valence-electron chi connectivity index (χ0n) is 8.51. The second kappa shape index (κ2) is 3.49. The van der Waals surface area contributed by atoms with Crippen molar-refractivity contribution >= 4 is 33.6 Å². The van der Waals surface area contributed by atoms with Gasteiger partial charge in [0.15, 0.2) is 0 Å². The van der Waals surface area contributed by atoms with Crippen molar-refractivity contribution in [1.82, 2.24) is 5.32 Å². The number of hydrogen-bond acceptors (Lipinski definition) is 2. The summed E-state index contributed by atoms with van der Waals surface area (Å²) < 4.78 is 7.16. The van der Waals surface area contributed by atoms with Crippen molar-refractivity contribution in [3.05, 3.63) is 33.1 Å². The average molecular weight is 313 g/mol. The van der Waals surface area contributed by atoms with Gasteiger partial charge in [0.2, 0.25) is 0 Å². The molecule has 1 atom stereocenters. The van der Waals surface area contributed by atoms with Crippen LogP contribution in [0.5, 0.6) is 0 Å². The standard InChI is InChI=1S/C12H12INO/c1-7-12-9(4-5-14-7)10-6-8(13)2-3-11(10)15-12/h2-3,6-7,14H,4-5H2,1H3. The molecule has 0 bridgehead atoms. The van der Waals surface area contributed by atoms with Gasteiger partial charge in [-0.05, 0) is 60.7 Å². The molecule has 1 aliphatic heterocycles. The number of hydrogen-bond donors (Lipinski definition) is 1. The second-order valence-electron chi connectivity index (χ2n) is 4.01. The normalized spacial score (nSPS) is 20.5. The van der Waals surface area contributed by atoms with Gasteiger partial charge >= 0.3 is 0 Å². The summed E-state index contributed by atoms with van der Waals surface area (Å²) in [7, 11) is 0. The van der Waals surface area contributed by atoms with Gasteiger partial charge in [-0.3, -0.25) is 0 Å². The fourth-order valence-electron chi connectivity index (χ4n) is 2.25. The minimum Gasteiger partial charge on any atom is -0.459 e. The summed E-state index contributed by atoms with van der Waals surface area (Å²) in [5.74, 6) is 1.12. The monoisotopic (exact) mass is 313 g/mol. The second-order valence-corrected chi connectivity index (χ2v) is 5.26. The van der Waals surface area contributed by atoms with Crippen LogP contribution in [0.2, 0.25) is 0 Å². The maximum absolute atomic E-state index is 5.89. The fourth-order valence-corrected chi connectivity index (χ4v) is 2.75. The molecule has 0 fully saturated rings. The Morgan fingerprint density at radius 3 is 3.20 bits per heavy atom. The van der Waals surface area contributed by atoms with E-state index in [1.54, 1.807) is 0 Å². The lowest BCUT2D eigenvalue weighted by molar-refractivity contribution is 0.426. The molecule has 0 amide bonds. The molecule has 1 aliphatic rings. The molecule has 1 unspecified atom stereocenters. The molecule has 78 valence electrons. The Labute approximate surface area is 102 Å². The van der Waals surface area contributed by atoms with Crippen molar-refractivity contribution in [2.75, 3.05) is 6.54 Å². The summed E-state index contributed by atoms with van der Waals surface area (Å²) in [4.78, 5) is 0. The van der Waals surface area contributed by atoms with E-state index in [4.69, 9.17) is 4.42 Å². The average Bonchev–Trinajstić information content (AvgIpc) is 2.58. The van der Waals surface area contributed by atoms with E-state index in [9.17, 15) is 0 Å². The third kappa shape index (κ3) is 1.49. The van der Waals surface area contributed by atoms with Gasteiger partial charge in [0.1, 0.15) is 11.3 Å². The Balaban J connectivity index is 2.31. The quantitative estimate of drug-likeness (QED) is 0.755. The van der Waals surface area contributed by atoms with Crippen LogP contribution in [-0.4, -0.2) is 6.54 Å². The Morgan fingerprint density at radius 2 is 2.33 bits per heavy atom. The first-order valence-corrected chi connectivity index (χ1v) is 6.28. The van der Waals surface area contributed by atoms with Gasteiger partial charge in [-0.15, -0.1) is 0 Å². The van der Waals surface area contributed by atoms with Crippen LogP contribution in [0.4, 0.5) is 0 Å². The van der Waals surface area contributed by atoms with Crippen LogP contribution in [0, 0.1) is 3.57 Å². The molecule has 0 saturated carbocycles. The van der Waals surface area contributed by atoms with E-state index in [1.807, 2.05) is 0 Å². The van der Waals surface area contributed by atoms with Crippen molar-refractivity contribution < 1.29 is 4.42 Å². The summed E-state index contributed by atoms with van der Waals surface area (Å²) in [6.45, 7) is 3.21. The minimum absolute atomic E-state index is 0.346. The lowest BCUT2D eigenvalue weighted by atomic mass is 10.0. The van der Waals surface area contributed by atoms with E-state index in [2.05, 4.69) is 53.0 Å². The molecule has 3 rings (SSSR count). The Bertz CT molecular complexity index is 518. The van der Waals surface area contributed by atoms with Gasteiger partial charge in [-0.2, -0.15) is 0 Å². The van der Waals surface area contributed by atoms with Crippen molar-refractivity contribution in [2.45, 2.75) is 19.4 Å². The van der Waals surface area contributed by atoms with E-state index >= 15 is 0 Å². The van der Waals surface area contributed by atoms with E-state index in [0.29, 0.717) is 6.04 Å². The van der Waals surface area contributed by atoms with Gasteiger partial charge in [0.05, 0.1) is 6.04 Å². The Morgan fingerprint density at radius 1 is 1.47 bits per heavy atom. The van der Waals surface area contributed by atoms with Crippen LogP contribution in [-0.2, 0) is 6.42 Å². The third-order valence-corrected chi connectivity index (χ3v) is 3.67. The number of benzene rings is 1. The fraction of sp³-hybridized carbons (Fsp3) is 0.333. The smallest absolute Gasteiger partial charge is 0.134 e. The lowest BCUT2D eigenvalue weighted by Gasteiger charge is -2.18. The van der Waals surface area contributed by atoms with Gasteiger partial charge in [0.25, 0.3) is 0 Å². The molecule has 0 saturated heterocycles. The SMILES string of the molecule is CC1NCCc2c1oc1ccc(I)cc21. The van der Waals surface area contributed by atoms with E-state index < -0.39 is 0 Å². The molecule has 15 heavy (non-hydrogen) atoms. The summed E-state index contributed by atoms with van der Waals surface area (Å²) in [6.07, 6.45) is 1.08. The van der Waals surface area contributed by atoms with Crippen LogP contribution in [0.3, 0.4) is 0 Å². The van der Waals surface area contributed by atoms with Crippen LogP contribution >= 0.6 is 22.6 Å². The Kier molecular flexibility index (Phi) is 2.25. The van der Waals surface area contributed by atoms with E-state index in [-0.39, 0.29) is 0 Å². The van der Waals surface area contributed by atoms with Crippen LogP contribution in [0.1, 0.15) is 24.3 Å². The highest BCUT2D eigenvalue weighted by molar-refractivity contribution is 14.1. The number of nitrogens with one attached hydrogen (secondary N) is 1. The predicted octanol–water partition coefficient (Wildman–Crippen LogP) is 3.24. The molecule has 3 heteroatoms. The first kappa shape index (κ1) is 9.66. The third-order valence-electron chi connectivity index (χ3n) is 3.00. The molecule has 2 heterocycles. The molecule has 2 aromatic rings. The van der Waals surface area contributed by atoms with Crippen molar-refractivity contribution in [3.8, 4) is 0 Å². The van der Waals surface area contributed by atoms with Gasteiger partial charge in [0, 0.05) is 14.5 Å². The minimum atomic E-state index is 0.346. The van der Waals surface area contributed by atoms with Crippen molar-refractivity contribution in [1.29, 1.82) is 0 Å². The first-order chi connectivity index (χ1) is 7.25. The molecule has 1 aromatic heterocycles. The van der Waals surface area contributed by atoms with Gasteiger partial charge in [-0.25, -0.2) is 0 Å². The highest BCUT2D eigenvalue weighted by Gasteiger charge is 2.22. The van der Waals surface area contributed by atoms with Crippen LogP contribution in [0.25, 0.3) is 11.0 Å². The highest BCUT2D eigenvalue weighted by atomic mass is 127. The van der Waals surface area contributed by atoms with Crippen molar-refractivity contribution in [3.63, 3.8) is 0 Å². The molecular weight excluding hydrogens is 301 g/mol. The molecule has 1 aromatic carbocycles. The molecule has 1 N–H and O–H groups in total. The summed E-state index contributed by atoms with van der Waals surface area (Å²) in [6, 6.07) is 6.73. The molecular formula is C12H12INO. The van der Waals surface area contributed by atoms with Gasteiger partial charge in [-0.1, -0.05) is 0 Å². The maximum atomic E-state index is 5.89. The Hall–Kier alpha value is -0.550. The summed E-state index contributed by atoms with van der Waals surface area (Å²) in [5, 5.41) is 4.71. The topological polar surface area (TPSA) is 25.2 Å². The largest absolute Gasteiger partial charge is 0.459 e. The molecule has 0 aliphatic carbocycles. The number of rotatable bonds is 0. The number of halogens is 1. The zero-order chi connectivity index (χ0) is 10.4. The summed E-state index contributed by atoms with van der Waals surface area (Å²) >= 11 is 2.35. The molecule has 0 spiro atoms. The zero-order valence-corrected chi connectivity index (χ0v) is 10.7. The van der Waals surface area contributed by atoms with Crippen LogP contribution in [0.15, 0.2) is 22.6 Å². The lowest BCUT2D eigenvalue weighted by Crippen LogP contribution is -2.26. The van der Waals surface area contributed by atoms with E-state index in [1.165, 1.54) is 14.5 Å². The van der Waals surface area contributed by atoms with Crippen LogP contribution < -0.4 is 5.32 Å². The summed E-state index contributed by atoms with van der Waals surface area (Å²) in [5.41, 5.74) is 2.42. The first-order valence-electron chi connectivity index (χ1n) is 5.20. The molecule has 0 radical (unpaired) electrons. The predicted molar refractivity (Wildman–Crippen MR) is 69.1 cm³/mol. The van der Waals surface area contributed by atoms with Crippen molar-refractivity contribution in [2.24, 2.45) is 0 Å². The maximum Gasteiger partial charge on any atom is 0.134 e. The highest BCUT2D eigenvalue weighted by Crippen LogP contribution is 2.33. The number of fused-ring (bicyclic) bond motifs is 3. The van der Waals surface area contributed by atoms with Gasteiger partial charge < -0.3 is 9.73 Å².